The minimum atomic E-state index is -3.87. The van der Waals surface area contributed by atoms with Gasteiger partial charge in [0.15, 0.2) is 0 Å². The first-order valence-corrected chi connectivity index (χ1v) is 7.59. The number of nitrogens with two attached hydrogens (primary N) is 1. The van der Waals surface area contributed by atoms with E-state index < -0.39 is 10.0 Å². The summed E-state index contributed by atoms with van der Waals surface area (Å²) < 4.78 is 26.9. The van der Waals surface area contributed by atoms with Gasteiger partial charge in [-0.3, -0.25) is 4.72 Å². The largest absolute Gasteiger partial charge is 0.398 e. The number of aromatic nitrogens is 2. The Kier molecular flexibility index (Phi) is 4.03. The van der Waals surface area contributed by atoms with Crippen molar-refractivity contribution in [3.05, 3.63) is 40.3 Å². The summed E-state index contributed by atoms with van der Waals surface area (Å²) in [7, 11) is -3.87. The molecule has 1 aromatic carbocycles. The number of nitrogens with zero attached hydrogens (tertiary/aromatic N) is 2. The molecule has 0 fully saturated rings. The molecule has 0 aliphatic carbocycles. The summed E-state index contributed by atoms with van der Waals surface area (Å²) in [6, 6.07) is 4.10. The summed E-state index contributed by atoms with van der Waals surface area (Å²) in [5, 5.41) is 0.356. The van der Waals surface area contributed by atoms with Crippen LogP contribution in [0.4, 0.5) is 11.5 Å². The molecule has 1 heterocycles. The number of hydrogen-bond acceptors (Lipinski definition) is 5. The van der Waals surface area contributed by atoms with Crippen LogP contribution in [-0.2, 0) is 10.0 Å². The molecule has 0 amide bonds. The van der Waals surface area contributed by atoms with Gasteiger partial charge in [0.1, 0.15) is 17.3 Å². The van der Waals surface area contributed by atoms with Crippen LogP contribution in [0.15, 0.2) is 29.4 Å². The molecule has 0 radical (unpaired) electrons. The highest BCUT2D eigenvalue weighted by atomic mass is 35.5. The van der Waals surface area contributed by atoms with Crippen molar-refractivity contribution >= 4 is 44.7 Å². The van der Waals surface area contributed by atoms with E-state index in [0.29, 0.717) is 11.3 Å². The van der Waals surface area contributed by atoms with Crippen molar-refractivity contribution in [3.63, 3.8) is 0 Å². The second-order valence-electron chi connectivity index (χ2n) is 3.95. The highest BCUT2D eigenvalue weighted by molar-refractivity contribution is 7.92. The van der Waals surface area contributed by atoms with E-state index in [2.05, 4.69) is 14.7 Å². The molecule has 20 heavy (non-hydrogen) atoms. The Hall–Kier alpha value is -1.57. The van der Waals surface area contributed by atoms with E-state index in [1.165, 1.54) is 18.2 Å². The van der Waals surface area contributed by atoms with E-state index >= 15 is 0 Å². The zero-order valence-electron chi connectivity index (χ0n) is 10.3. The average Bonchev–Trinajstić information content (AvgIpc) is 2.33. The number of nitrogen functional groups attached to an aromatic ring is 1. The maximum absolute atomic E-state index is 12.3. The molecule has 6 nitrogen and oxygen atoms in total. The summed E-state index contributed by atoms with van der Waals surface area (Å²) in [6.45, 7) is 1.59. The van der Waals surface area contributed by atoms with Gasteiger partial charge < -0.3 is 5.73 Å². The summed E-state index contributed by atoms with van der Waals surface area (Å²) in [5.41, 5.74) is 6.41. The fourth-order valence-electron chi connectivity index (χ4n) is 1.54. The van der Waals surface area contributed by atoms with E-state index in [0.717, 1.165) is 6.33 Å². The van der Waals surface area contributed by atoms with Crippen LogP contribution in [0, 0.1) is 6.92 Å². The molecule has 9 heteroatoms. The van der Waals surface area contributed by atoms with Crippen LogP contribution in [-0.4, -0.2) is 18.4 Å². The summed E-state index contributed by atoms with van der Waals surface area (Å²) in [6.07, 6.45) is 1.15. The number of nitrogens with one attached hydrogen (secondary N) is 1. The zero-order valence-corrected chi connectivity index (χ0v) is 12.6. The second-order valence-corrected chi connectivity index (χ2v) is 6.42. The van der Waals surface area contributed by atoms with Gasteiger partial charge >= 0.3 is 0 Å². The molecule has 0 spiro atoms. The summed E-state index contributed by atoms with van der Waals surface area (Å²) >= 11 is 11.5. The van der Waals surface area contributed by atoms with E-state index in [4.69, 9.17) is 28.9 Å². The third kappa shape index (κ3) is 3.12. The molecule has 0 atom stereocenters. The van der Waals surface area contributed by atoms with E-state index in [9.17, 15) is 8.42 Å². The fraction of sp³-hybridized carbons (Fsp3) is 0.0909. The van der Waals surface area contributed by atoms with E-state index in [1.54, 1.807) is 6.92 Å². The zero-order chi connectivity index (χ0) is 14.9. The van der Waals surface area contributed by atoms with E-state index in [-0.39, 0.29) is 20.9 Å². The standard InChI is InChI=1S/C11H10Cl2N4O2S/c1-6-8(14)2-7(12)3-9(6)20(18,19)17-11-4-10(13)15-5-16-11/h2-5H,14H2,1H3,(H,15,16,17). The molecule has 2 rings (SSSR count). The predicted octanol–water partition coefficient (Wildman–Crippen LogP) is 2.47. The highest BCUT2D eigenvalue weighted by Crippen LogP contribution is 2.27. The Morgan fingerprint density at radius 1 is 1.20 bits per heavy atom. The molecule has 0 saturated heterocycles. The van der Waals surface area contributed by atoms with Gasteiger partial charge in [0.25, 0.3) is 10.0 Å². The van der Waals surface area contributed by atoms with Crippen LogP contribution in [0.3, 0.4) is 0 Å². The normalized spacial score (nSPS) is 11.3. The lowest BCUT2D eigenvalue weighted by Crippen LogP contribution is -2.16. The maximum Gasteiger partial charge on any atom is 0.263 e. The minimum Gasteiger partial charge on any atom is -0.398 e. The van der Waals surface area contributed by atoms with Gasteiger partial charge in [0.05, 0.1) is 4.90 Å². The number of sulfonamides is 1. The minimum absolute atomic E-state index is 0.0164. The second kappa shape index (κ2) is 5.43. The van der Waals surface area contributed by atoms with Crippen molar-refractivity contribution in [2.45, 2.75) is 11.8 Å². The van der Waals surface area contributed by atoms with Gasteiger partial charge in [0, 0.05) is 16.8 Å². The summed E-state index contributed by atoms with van der Waals surface area (Å²) in [5.74, 6) is 0.0583. The maximum atomic E-state index is 12.3. The van der Waals surface area contributed by atoms with Crippen molar-refractivity contribution in [2.75, 3.05) is 10.5 Å². The number of hydrogen-bond donors (Lipinski definition) is 2. The number of rotatable bonds is 3. The van der Waals surface area contributed by atoms with Gasteiger partial charge in [-0.2, -0.15) is 0 Å². The third-order valence-electron chi connectivity index (χ3n) is 2.53. The van der Waals surface area contributed by atoms with Crippen LogP contribution in [0.1, 0.15) is 5.56 Å². The summed E-state index contributed by atoms with van der Waals surface area (Å²) in [4.78, 5) is 7.43. The Morgan fingerprint density at radius 3 is 2.55 bits per heavy atom. The molecular formula is C11H10Cl2N4O2S. The van der Waals surface area contributed by atoms with Gasteiger partial charge in [-0.1, -0.05) is 23.2 Å². The molecular weight excluding hydrogens is 323 g/mol. The highest BCUT2D eigenvalue weighted by Gasteiger charge is 2.20. The average molecular weight is 333 g/mol. The predicted molar refractivity (Wildman–Crippen MR) is 78.5 cm³/mol. The lowest BCUT2D eigenvalue weighted by molar-refractivity contribution is 0.600. The topological polar surface area (TPSA) is 98.0 Å². The Morgan fingerprint density at radius 2 is 1.90 bits per heavy atom. The van der Waals surface area contributed by atoms with Crippen molar-refractivity contribution in [1.82, 2.24) is 9.97 Å². The van der Waals surface area contributed by atoms with Crippen LogP contribution < -0.4 is 10.5 Å². The Labute approximate surface area is 126 Å². The van der Waals surface area contributed by atoms with E-state index in [1.807, 2.05) is 0 Å². The molecule has 0 aliphatic rings. The molecule has 106 valence electrons. The molecule has 2 aromatic rings. The number of halogens is 2. The molecule has 0 aliphatic heterocycles. The van der Waals surface area contributed by atoms with Crippen LogP contribution in [0.5, 0.6) is 0 Å². The fourth-order valence-corrected chi connectivity index (χ4v) is 3.27. The van der Waals surface area contributed by atoms with Crippen molar-refractivity contribution in [2.24, 2.45) is 0 Å². The van der Waals surface area contributed by atoms with Crippen LogP contribution in [0.25, 0.3) is 0 Å². The first kappa shape index (κ1) is 14.8. The monoisotopic (exact) mass is 332 g/mol. The number of benzene rings is 1. The molecule has 0 unspecified atom stereocenters. The van der Waals surface area contributed by atoms with Gasteiger partial charge in [-0.25, -0.2) is 18.4 Å². The quantitative estimate of drug-likeness (QED) is 0.664. The number of anilines is 2. The van der Waals surface area contributed by atoms with Crippen LogP contribution in [0.2, 0.25) is 10.2 Å². The van der Waals surface area contributed by atoms with Gasteiger partial charge in [-0.05, 0) is 24.6 Å². The first-order valence-electron chi connectivity index (χ1n) is 5.35. The third-order valence-corrected chi connectivity index (χ3v) is 4.43. The molecule has 0 saturated carbocycles. The van der Waals surface area contributed by atoms with Gasteiger partial charge in [0.2, 0.25) is 0 Å². The van der Waals surface area contributed by atoms with Crippen molar-refractivity contribution in [1.29, 1.82) is 0 Å². The SMILES string of the molecule is Cc1c(N)cc(Cl)cc1S(=O)(=O)Nc1cc(Cl)ncn1. The molecule has 0 bridgehead atoms. The lowest BCUT2D eigenvalue weighted by atomic mass is 10.2. The van der Waals surface area contributed by atoms with Crippen LogP contribution >= 0.6 is 23.2 Å². The van der Waals surface area contributed by atoms with Gasteiger partial charge in [-0.15, -0.1) is 0 Å². The molecule has 1 aromatic heterocycles. The smallest absolute Gasteiger partial charge is 0.263 e. The Balaban J connectivity index is 2.46. The van der Waals surface area contributed by atoms with Crippen molar-refractivity contribution < 1.29 is 8.42 Å². The lowest BCUT2D eigenvalue weighted by Gasteiger charge is -2.11. The first-order chi connectivity index (χ1) is 9.29. The Bertz CT molecular complexity index is 765. The molecule has 3 N–H and O–H groups in total. The van der Waals surface area contributed by atoms with Crippen molar-refractivity contribution in [3.8, 4) is 0 Å².